The number of hydrogen-bond donors (Lipinski definition) is 2. The molecule has 4 heterocycles. The fourth-order valence-electron chi connectivity index (χ4n) is 5.05. The Bertz CT molecular complexity index is 1650. The van der Waals surface area contributed by atoms with Gasteiger partial charge in [0.1, 0.15) is 23.4 Å². The van der Waals surface area contributed by atoms with E-state index in [0.29, 0.717) is 34.0 Å². The minimum absolute atomic E-state index is 0.130. The molecule has 3 aromatic carbocycles. The third-order valence-electron chi connectivity index (χ3n) is 7.27. The van der Waals surface area contributed by atoms with E-state index in [1.807, 2.05) is 31.2 Å². The molecule has 1 aromatic heterocycles. The maximum Gasteiger partial charge on any atom is 0.264 e. The van der Waals surface area contributed by atoms with Gasteiger partial charge in [-0.1, -0.05) is 30.3 Å². The standard InChI is InChI=1S/C32H28FN3O5S/c1-19-5-12-29(42-19)32(39)36-16-27-28(17-36)41-23-9-6-20(7-10-23)15-34-30(37)18-40-24-4-2-3-21(13-24)22-8-11-26(33)25(14-22)31(38)35-27/h2-14,27-28H,15-18H2,1H3,(H,34,37)(H,35,38)/t27-,28-/m0/s1. The van der Waals surface area contributed by atoms with Crippen molar-refractivity contribution in [1.29, 1.82) is 0 Å². The highest BCUT2D eigenvalue weighted by Crippen LogP contribution is 2.27. The van der Waals surface area contributed by atoms with Gasteiger partial charge >= 0.3 is 0 Å². The Hall–Kier alpha value is -4.70. The van der Waals surface area contributed by atoms with Crippen LogP contribution in [-0.2, 0) is 11.3 Å². The van der Waals surface area contributed by atoms with E-state index in [9.17, 15) is 18.8 Å². The van der Waals surface area contributed by atoms with Crippen molar-refractivity contribution in [2.75, 3.05) is 19.7 Å². The predicted octanol–water partition coefficient (Wildman–Crippen LogP) is 4.57. The van der Waals surface area contributed by atoms with Gasteiger partial charge in [0, 0.05) is 18.0 Å². The first-order valence-corrected chi connectivity index (χ1v) is 14.4. The first kappa shape index (κ1) is 27.5. The summed E-state index contributed by atoms with van der Waals surface area (Å²) in [5.74, 6) is -0.701. The SMILES string of the molecule is Cc1ccc(C(=O)N2C[C@@H]3NC(=O)c4cc(ccc4F)-c4cccc(c4)OCC(=O)NCc4ccc(cc4)O[C@H]3C2)s1. The van der Waals surface area contributed by atoms with Gasteiger partial charge in [0.25, 0.3) is 17.7 Å². The normalized spacial score (nSPS) is 18.8. The Kier molecular flexibility index (Phi) is 7.62. The molecule has 0 unspecified atom stereocenters. The zero-order valence-corrected chi connectivity index (χ0v) is 23.6. The molecule has 0 aliphatic carbocycles. The van der Waals surface area contributed by atoms with E-state index in [2.05, 4.69) is 10.6 Å². The van der Waals surface area contributed by atoms with Crippen LogP contribution in [0.4, 0.5) is 4.39 Å². The zero-order chi connectivity index (χ0) is 29.2. The molecular weight excluding hydrogens is 557 g/mol. The predicted molar refractivity (Wildman–Crippen MR) is 156 cm³/mol. The summed E-state index contributed by atoms with van der Waals surface area (Å²) in [5, 5.41) is 5.77. The number of hydrogen-bond acceptors (Lipinski definition) is 6. The molecule has 4 aromatic rings. The van der Waals surface area contributed by atoms with Crippen molar-refractivity contribution < 1.29 is 28.2 Å². The Labute approximate surface area is 246 Å². The quantitative estimate of drug-likeness (QED) is 0.341. The second-order valence-electron chi connectivity index (χ2n) is 10.3. The van der Waals surface area contributed by atoms with Crippen LogP contribution < -0.4 is 20.1 Å². The van der Waals surface area contributed by atoms with Gasteiger partial charge in [-0.3, -0.25) is 14.4 Å². The highest BCUT2D eigenvalue weighted by atomic mass is 32.1. The van der Waals surface area contributed by atoms with E-state index in [1.54, 1.807) is 47.4 Å². The molecule has 3 aliphatic heterocycles. The van der Waals surface area contributed by atoms with E-state index in [-0.39, 0.29) is 37.1 Å². The number of carbonyl (C=O) groups excluding carboxylic acids is 3. The van der Waals surface area contributed by atoms with Crippen LogP contribution >= 0.6 is 11.3 Å². The van der Waals surface area contributed by atoms with Crippen molar-refractivity contribution in [3.8, 4) is 22.6 Å². The van der Waals surface area contributed by atoms with Gasteiger partial charge in [0.2, 0.25) is 0 Å². The van der Waals surface area contributed by atoms with Gasteiger partial charge < -0.3 is 25.0 Å². The largest absolute Gasteiger partial charge is 0.486 e. The summed E-state index contributed by atoms with van der Waals surface area (Å²) in [4.78, 5) is 42.4. The number of amides is 3. The highest BCUT2D eigenvalue weighted by Gasteiger charge is 2.39. The van der Waals surface area contributed by atoms with Crippen LogP contribution in [0.25, 0.3) is 11.1 Å². The third-order valence-corrected chi connectivity index (χ3v) is 8.26. The maximum absolute atomic E-state index is 15.0. The molecule has 7 rings (SSSR count). The van der Waals surface area contributed by atoms with Crippen molar-refractivity contribution in [3.63, 3.8) is 0 Å². The van der Waals surface area contributed by atoms with Crippen LogP contribution in [0.15, 0.2) is 78.9 Å². The second-order valence-corrected chi connectivity index (χ2v) is 11.6. The van der Waals surface area contributed by atoms with Gasteiger partial charge in [-0.15, -0.1) is 11.3 Å². The molecule has 10 heteroatoms. The van der Waals surface area contributed by atoms with Crippen molar-refractivity contribution in [1.82, 2.24) is 15.5 Å². The lowest BCUT2D eigenvalue weighted by Gasteiger charge is -2.21. The lowest BCUT2D eigenvalue weighted by atomic mass is 10.0. The monoisotopic (exact) mass is 585 g/mol. The van der Waals surface area contributed by atoms with Crippen LogP contribution in [0, 0.1) is 12.7 Å². The minimum Gasteiger partial charge on any atom is -0.486 e. The molecule has 2 N–H and O–H groups in total. The number of fused-ring (bicyclic) bond motifs is 7. The smallest absolute Gasteiger partial charge is 0.264 e. The highest BCUT2D eigenvalue weighted by molar-refractivity contribution is 7.13. The molecule has 1 fully saturated rings. The number of ether oxygens (including phenoxy) is 2. The summed E-state index contributed by atoms with van der Waals surface area (Å²) in [6.07, 6.45) is -0.574. The summed E-state index contributed by atoms with van der Waals surface area (Å²) < 4.78 is 26.9. The summed E-state index contributed by atoms with van der Waals surface area (Å²) >= 11 is 1.41. The summed E-state index contributed by atoms with van der Waals surface area (Å²) in [5.41, 5.74) is 2.03. The van der Waals surface area contributed by atoms with Crippen LogP contribution in [0.3, 0.4) is 0 Å². The Morgan fingerprint density at radius 1 is 0.952 bits per heavy atom. The number of rotatable bonds is 1. The molecule has 8 nitrogen and oxygen atoms in total. The fraction of sp³-hybridized carbons (Fsp3) is 0.219. The van der Waals surface area contributed by atoms with Crippen molar-refractivity contribution in [3.05, 3.63) is 106 Å². The molecule has 0 radical (unpaired) electrons. The topological polar surface area (TPSA) is 97.0 Å². The van der Waals surface area contributed by atoms with Gasteiger partial charge in [-0.05, 0) is 72.1 Å². The van der Waals surface area contributed by atoms with E-state index in [1.165, 1.54) is 23.5 Å². The van der Waals surface area contributed by atoms with Gasteiger partial charge in [0.15, 0.2) is 6.61 Å². The van der Waals surface area contributed by atoms with E-state index >= 15 is 0 Å². The molecule has 0 saturated carbocycles. The number of nitrogens with one attached hydrogen (secondary N) is 2. The number of nitrogens with zero attached hydrogens (tertiary/aromatic N) is 1. The van der Waals surface area contributed by atoms with Crippen molar-refractivity contribution >= 4 is 29.1 Å². The van der Waals surface area contributed by atoms with Crippen LogP contribution in [-0.4, -0.2) is 54.5 Å². The van der Waals surface area contributed by atoms with Crippen LogP contribution in [0.5, 0.6) is 11.5 Å². The van der Waals surface area contributed by atoms with E-state index in [0.717, 1.165) is 10.4 Å². The summed E-state index contributed by atoms with van der Waals surface area (Å²) in [6, 6.07) is 21.7. The minimum atomic E-state index is -0.671. The Morgan fingerprint density at radius 2 is 1.76 bits per heavy atom. The van der Waals surface area contributed by atoms with Gasteiger partial charge in [-0.25, -0.2) is 4.39 Å². The van der Waals surface area contributed by atoms with Crippen molar-refractivity contribution in [2.45, 2.75) is 25.6 Å². The lowest BCUT2D eigenvalue weighted by Crippen LogP contribution is -2.45. The molecule has 6 bridgehead atoms. The fourth-order valence-corrected chi connectivity index (χ4v) is 5.89. The number of benzene rings is 3. The Balaban J connectivity index is 1.33. The molecule has 0 spiro atoms. The molecule has 1 saturated heterocycles. The van der Waals surface area contributed by atoms with E-state index < -0.39 is 23.9 Å². The van der Waals surface area contributed by atoms with Crippen LogP contribution in [0.1, 0.15) is 30.5 Å². The molecular formula is C32H28FN3O5S. The average Bonchev–Trinajstić information content (AvgIpc) is 3.61. The Morgan fingerprint density at radius 3 is 2.55 bits per heavy atom. The number of halogens is 1. The molecule has 3 aliphatic rings. The third kappa shape index (κ3) is 5.99. The number of thiophene rings is 1. The summed E-state index contributed by atoms with van der Waals surface area (Å²) in [6.45, 7) is 2.52. The first-order valence-electron chi connectivity index (χ1n) is 13.5. The van der Waals surface area contributed by atoms with Gasteiger partial charge in [-0.2, -0.15) is 0 Å². The number of carbonyl (C=O) groups is 3. The zero-order valence-electron chi connectivity index (χ0n) is 22.8. The molecule has 214 valence electrons. The van der Waals surface area contributed by atoms with Gasteiger partial charge in [0.05, 0.1) is 23.0 Å². The molecule has 42 heavy (non-hydrogen) atoms. The molecule has 3 amide bonds. The number of likely N-dealkylation sites (tertiary alicyclic amines) is 1. The lowest BCUT2D eigenvalue weighted by molar-refractivity contribution is -0.123. The maximum atomic E-state index is 15.0. The van der Waals surface area contributed by atoms with Crippen LogP contribution in [0.2, 0.25) is 0 Å². The average molecular weight is 586 g/mol. The first-order chi connectivity index (χ1) is 20.3. The second kappa shape index (κ2) is 11.7. The number of aryl methyl sites for hydroxylation is 1. The van der Waals surface area contributed by atoms with Crippen molar-refractivity contribution in [2.24, 2.45) is 0 Å². The van der Waals surface area contributed by atoms with E-state index in [4.69, 9.17) is 9.47 Å². The summed E-state index contributed by atoms with van der Waals surface area (Å²) in [7, 11) is 0. The molecule has 2 atom stereocenters.